The summed E-state index contributed by atoms with van der Waals surface area (Å²) in [6, 6.07) is 2.96. The van der Waals surface area contributed by atoms with Crippen LogP contribution in [0, 0.1) is 10.1 Å². The second-order valence-electron chi connectivity index (χ2n) is 3.37. The average Bonchev–Trinajstić information content (AvgIpc) is 2.77. The van der Waals surface area contributed by atoms with E-state index in [4.69, 9.17) is 0 Å². The number of hydrogen-bond donors (Lipinski definition) is 1. The second kappa shape index (κ2) is 4.60. The normalized spacial score (nSPS) is 10.2. The lowest BCUT2D eigenvalue weighted by atomic mass is 10.4. The van der Waals surface area contributed by atoms with Crippen molar-refractivity contribution in [1.29, 1.82) is 0 Å². The highest BCUT2D eigenvalue weighted by Crippen LogP contribution is 2.16. The van der Waals surface area contributed by atoms with E-state index < -0.39 is 4.92 Å². The molecule has 0 aliphatic heterocycles. The molecule has 7 nitrogen and oxygen atoms in total. The molecule has 88 valence electrons. The zero-order valence-electron chi connectivity index (χ0n) is 9.20. The van der Waals surface area contributed by atoms with E-state index in [1.54, 1.807) is 16.9 Å². The van der Waals surface area contributed by atoms with Crippen molar-refractivity contribution in [3.8, 4) is 0 Å². The van der Waals surface area contributed by atoms with Crippen molar-refractivity contribution < 1.29 is 4.92 Å². The van der Waals surface area contributed by atoms with Gasteiger partial charge in [-0.1, -0.05) is 0 Å². The van der Waals surface area contributed by atoms with Gasteiger partial charge < -0.3 is 15.4 Å². The van der Waals surface area contributed by atoms with Crippen molar-refractivity contribution in [3.05, 3.63) is 40.8 Å². The molecule has 2 aromatic heterocycles. The summed E-state index contributed by atoms with van der Waals surface area (Å²) in [5.41, 5.74) is 1.51. The monoisotopic (exact) mass is 233 g/mol. The van der Waals surface area contributed by atoms with Gasteiger partial charge in [0, 0.05) is 18.8 Å². The molecule has 2 rings (SSSR count). The zero-order valence-corrected chi connectivity index (χ0v) is 9.20. The van der Waals surface area contributed by atoms with Gasteiger partial charge in [-0.25, -0.2) is 0 Å². The predicted molar refractivity (Wildman–Crippen MR) is 62.1 cm³/mol. The number of rotatable bonds is 4. The summed E-state index contributed by atoms with van der Waals surface area (Å²) in [5.74, 6) is -0.167. The first-order valence-electron chi connectivity index (χ1n) is 5.09. The number of aromatic nitrogens is 3. The summed E-state index contributed by atoms with van der Waals surface area (Å²) < 4.78 is 1.78. The van der Waals surface area contributed by atoms with Crippen molar-refractivity contribution >= 4 is 17.2 Å². The van der Waals surface area contributed by atoms with Crippen LogP contribution in [0.1, 0.15) is 6.92 Å². The lowest BCUT2D eigenvalue weighted by Crippen LogP contribution is -1.94. The molecule has 0 atom stereocenters. The third-order valence-electron chi connectivity index (χ3n) is 2.18. The molecular weight excluding hydrogens is 222 g/mol. The van der Waals surface area contributed by atoms with E-state index >= 15 is 0 Å². The molecule has 0 fully saturated rings. The highest BCUT2D eigenvalue weighted by molar-refractivity contribution is 5.57. The van der Waals surface area contributed by atoms with Crippen LogP contribution in [0.5, 0.6) is 0 Å². The Labute approximate surface area is 97.2 Å². The molecule has 0 saturated heterocycles. The maximum atomic E-state index is 10.4. The molecule has 0 bridgehead atoms. The van der Waals surface area contributed by atoms with Crippen LogP contribution >= 0.6 is 0 Å². The van der Waals surface area contributed by atoms with Gasteiger partial charge in [-0.2, -0.15) is 5.10 Å². The molecule has 7 heteroatoms. The number of anilines is 2. The Hall–Kier alpha value is -2.44. The molecule has 17 heavy (non-hydrogen) atoms. The lowest BCUT2D eigenvalue weighted by Gasteiger charge is -2.00. The molecule has 1 N–H and O–H groups in total. The van der Waals surface area contributed by atoms with Crippen LogP contribution in [0.25, 0.3) is 0 Å². The zero-order chi connectivity index (χ0) is 12.3. The maximum absolute atomic E-state index is 10.4. The minimum absolute atomic E-state index is 0.167. The van der Waals surface area contributed by atoms with Crippen LogP contribution in [-0.2, 0) is 6.54 Å². The summed E-state index contributed by atoms with van der Waals surface area (Å²) in [7, 11) is 0. The van der Waals surface area contributed by atoms with E-state index in [0.29, 0.717) is 5.69 Å². The minimum Gasteiger partial charge on any atom is -0.358 e. The molecule has 0 amide bonds. The Morgan fingerprint density at radius 3 is 2.76 bits per heavy atom. The highest BCUT2D eigenvalue weighted by atomic mass is 16.6. The van der Waals surface area contributed by atoms with E-state index in [0.717, 1.165) is 12.2 Å². The van der Waals surface area contributed by atoms with Gasteiger partial charge in [0.2, 0.25) is 0 Å². The molecule has 0 aliphatic carbocycles. The summed E-state index contributed by atoms with van der Waals surface area (Å²) >= 11 is 0. The van der Waals surface area contributed by atoms with Crippen molar-refractivity contribution in [2.24, 2.45) is 0 Å². The first kappa shape index (κ1) is 11.1. The first-order valence-corrected chi connectivity index (χ1v) is 5.09. The van der Waals surface area contributed by atoms with Crippen LogP contribution in [0.15, 0.2) is 30.7 Å². The summed E-state index contributed by atoms with van der Waals surface area (Å²) in [6.07, 6.45) is 4.95. The average molecular weight is 233 g/mol. The van der Waals surface area contributed by atoms with E-state index in [-0.39, 0.29) is 5.82 Å². The SMILES string of the molecule is CCn1cc(Nc2ccc([N+](=O)[O-])nc2)cn1. The Morgan fingerprint density at radius 2 is 2.24 bits per heavy atom. The molecule has 0 unspecified atom stereocenters. The topological polar surface area (TPSA) is 85.9 Å². The third-order valence-corrected chi connectivity index (χ3v) is 2.18. The minimum atomic E-state index is -0.529. The second-order valence-corrected chi connectivity index (χ2v) is 3.37. The quantitative estimate of drug-likeness (QED) is 0.644. The van der Waals surface area contributed by atoms with Crippen molar-refractivity contribution in [2.75, 3.05) is 5.32 Å². The molecule has 0 radical (unpaired) electrons. The van der Waals surface area contributed by atoms with Crippen molar-refractivity contribution in [3.63, 3.8) is 0 Å². The standard InChI is InChI=1S/C10H11N5O2/c1-2-14-7-9(6-12-14)13-8-3-4-10(11-5-8)15(16)17/h3-7,13H,2H2,1H3. The lowest BCUT2D eigenvalue weighted by molar-refractivity contribution is -0.389. The number of nitrogens with zero attached hydrogens (tertiary/aromatic N) is 4. The molecule has 0 saturated carbocycles. The number of hydrogen-bond acceptors (Lipinski definition) is 5. The van der Waals surface area contributed by atoms with Gasteiger partial charge in [-0.3, -0.25) is 4.68 Å². The van der Waals surface area contributed by atoms with Gasteiger partial charge >= 0.3 is 5.82 Å². The molecule has 2 aromatic rings. The fourth-order valence-electron chi connectivity index (χ4n) is 1.34. The van der Waals surface area contributed by atoms with Crippen LogP contribution < -0.4 is 5.32 Å². The largest absolute Gasteiger partial charge is 0.363 e. The smallest absolute Gasteiger partial charge is 0.358 e. The molecule has 0 aliphatic rings. The first-order chi connectivity index (χ1) is 8.19. The van der Waals surface area contributed by atoms with E-state index in [2.05, 4.69) is 15.4 Å². The van der Waals surface area contributed by atoms with Crippen LogP contribution in [0.3, 0.4) is 0 Å². The number of nitro groups is 1. The van der Waals surface area contributed by atoms with Gasteiger partial charge in [0.05, 0.1) is 17.6 Å². The summed E-state index contributed by atoms with van der Waals surface area (Å²) in [6.45, 7) is 2.78. The Kier molecular flexibility index (Phi) is 2.99. The van der Waals surface area contributed by atoms with Crippen LogP contribution in [0.2, 0.25) is 0 Å². The fourth-order valence-corrected chi connectivity index (χ4v) is 1.34. The van der Waals surface area contributed by atoms with Gasteiger partial charge in [0.15, 0.2) is 6.20 Å². The molecule has 0 aromatic carbocycles. The molecular formula is C10H11N5O2. The summed E-state index contributed by atoms with van der Waals surface area (Å²) in [4.78, 5) is 13.6. The highest BCUT2D eigenvalue weighted by Gasteiger charge is 2.06. The van der Waals surface area contributed by atoms with Gasteiger partial charge in [0.1, 0.15) is 0 Å². The third kappa shape index (κ3) is 2.57. The van der Waals surface area contributed by atoms with Crippen LogP contribution in [0.4, 0.5) is 17.2 Å². The number of nitrogens with one attached hydrogen (secondary N) is 1. The predicted octanol–water partition coefficient (Wildman–Crippen LogP) is 1.95. The van der Waals surface area contributed by atoms with Gasteiger partial charge in [0.25, 0.3) is 0 Å². The van der Waals surface area contributed by atoms with E-state index in [9.17, 15) is 10.1 Å². The van der Waals surface area contributed by atoms with Crippen LogP contribution in [-0.4, -0.2) is 19.7 Å². The number of aryl methyl sites for hydroxylation is 1. The van der Waals surface area contributed by atoms with Crippen molar-refractivity contribution in [2.45, 2.75) is 13.5 Å². The Balaban J connectivity index is 2.10. The number of pyridine rings is 1. The Bertz CT molecular complexity index is 520. The molecule has 0 spiro atoms. The fraction of sp³-hybridized carbons (Fsp3) is 0.200. The van der Waals surface area contributed by atoms with E-state index in [1.807, 2.05) is 13.1 Å². The van der Waals surface area contributed by atoms with Crippen molar-refractivity contribution in [1.82, 2.24) is 14.8 Å². The summed E-state index contributed by atoms with van der Waals surface area (Å²) in [5, 5.41) is 17.6. The Morgan fingerprint density at radius 1 is 1.41 bits per heavy atom. The van der Waals surface area contributed by atoms with E-state index in [1.165, 1.54) is 12.3 Å². The maximum Gasteiger partial charge on any atom is 0.363 e. The van der Waals surface area contributed by atoms with Gasteiger partial charge in [-0.05, 0) is 22.9 Å². The molecule has 2 heterocycles. The van der Waals surface area contributed by atoms with Gasteiger partial charge in [-0.15, -0.1) is 0 Å².